The lowest BCUT2D eigenvalue weighted by atomic mass is 10.1. The average Bonchev–Trinajstić information content (AvgIpc) is 3.00. The third-order valence-electron chi connectivity index (χ3n) is 3.29. The summed E-state index contributed by atoms with van der Waals surface area (Å²) in [7, 11) is 1.68. The summed E-state index contributed by atoms with van der Waals surface area (Å²) < 4.78 is 0. The van der Waals surface area contributed by atoms with Crippen LogP contribution in [-0.4, -0.2) is 53.6 Å². The summed E-state index contributed by atoms with van der Waals surface area (Å²) in [5, 5.41) is 0.924. The molecule has 0 radical (unpaired) electrons. The van der Waals surface area contributed by atoms with E-state index >= 15 is 0 Å². The topological polar surface area (TPSA) is 40.6 Å². The molecule has 0 aromatic rings. The Balaban J connectivity index is 1.99. The first-order valence-electron chi connectivity index (χ1n) is 5.18. The van der Waals surface area contributed by atoms with Gasteiger partial charge in [-0.15, -0.1) is 0 Å². The Kier molecular flexibility index (Phi) is 2.75. The number of hydrogen-bond donors (Lipinski definition) is 0. The summed E-state index contributed by atoms with van der Waals surface area (Å²) >= 11 is 3.47. The molecule has 0 aromatic heterocycles. The minimum absolute atomic E-state index is 0.256. The van der Waals surface area contributed by atoms with Crippen LogP contribution in [0.25, 0.3) is 0 Å². The molecule has 84 valence electrons. The van der Waals surface area contributed by atoms with Crippen LogP contribution < -0.4 is 0 Å². The molecule has 4 nitrogen and oxygen atoms in total. The molecule has 0 spiro atoms. The second-order valence-electron chi connectivity index (χ2n) is 4.59. The quantitative estimate of drug-likeness (QED) is 0.554. The smallest absolute Gasteiger partial charge is 0.312 e. The highest BCUT2D eigenvalue weighted by Gasteiger charge is 2.45. The number of rotatable bonds is 3. The Morgan fingerprint density at radius 3 is 2.47 bits per heavy atom. The van der Waals surface area contributed by atoms with Crippen molar-refractivity contribution in [1.82, 2.24) is 9.80 Å². The molecule has 1 saturated heterocycles. The minimum atomic E-state index is -0.369. The van der Waals surface area contributed by atoms with Gasteiger partial charge in [0, 0.05) is 32.0 Å². The Bertz CT molecular complexity index is 302. The molecule has 0 unspecified atom stereocenters. The molecule has 0 aromatic carbocycles. The Hall–Kier alpha value is -0.580. The number of likely N-dealkylation sites (N-methyl/N-ethyl adjacent to an activating group) is 1. The molecule has 1 saturated carbocycles. The average molecular weight is 275 g/mol. The number of nitrogens with zero attached hydrogens (tertiary/aromatic N) is 2. The normalized spacial score (nSPS) is 24.7. The molecule has 0 N–H and O–H groups in total. The predicted molar refractivity (Wildman–Crippen MR) is 59.7 cm³/mol. The summed E-state index contributed by atoms with van der Waals surface area (Å²) in [6.07, 6.45) is 2.32. The van der Waals surface area contributed by atoms with Crippen molar-refractivity contribution in [1.29, 1.82) is 0 Å². The van der Waals surface area contributed by atoms with E-state index in [1.807, 2.05) is 0 Å². The molecule has 1 heterocycles. The fraction of sp³-hybridized carbons (Fsp3) is 0.800. The summed E-state index contributed by atoms with van der Waals surface area (Å²) in [6.45, 7) is 2.06. The number of hydrogen-bond acceptors (Lipinski definition) is 2. The van der Waals surface area contributed by atoms with Crippen LogP contribution in [0.3, 0.4) is 0 Å². The van der Waals surface area contributed by atoms with Crippen molar-refractivity contribution in [3.05, 3.63) is 0 Å². The van der Waals surface area contributed by atoms with Gasteiger partial charge >= 0.3 is 11.8 Å². The maximum absolute atomic E-state index is 11.7. The van der Waals surface area contributed by atoms with Crippen LogP contribution in [0.2, 0.25) is 0 Å². The highest BCUT2D eigenvalue weighted by Crippen LogP contribution is 2.47. The molecule has 2 fully saturated rings. The lowest BCUT2D eigenvalue weighted by Gasteiger charge is -2.33. The molecule has 1 aliphatic heterocycles. The van der Waals surface area contributed by atoms with Crippen molar-refractivity contribution < 1.29 is 9.59 Å². The summed E-state index contributed by atoms with van der Waals surface area (Å²) in [5.74, 6) is -0.706. The highest BCUT2D eigenvalue weighted by atomic mass is 79.9. The Morgan fingerprint density at radius 1 is 1.27 bits per heavy atom. The van der Waals surface area contributed by atoms with Gasteiger partial charge in [-0.05, 0) is 18.3 Å². The number of piperazine rings is 1. The van der Waals surface area contributed by atoms with Crippen LogP contribution in [0.1, 0.15) is 12.8 Å². The van der Waals surface area contributed by atoms with Gasteiger partial charge in [-0.3, -0.25) is 9.59 Å². The standard InChI is InChI=1S/C10H15BrN2O2/c1-12-4-5-13(9(15)8(12)14)7-10(6-11)2-3-10/h2-7H2,1H3. The zero-order chi connectivity index (χ0) is 11.1. The van der Waals surface area contributed by atoms with Crippen LogP contribution in [0.4, 0.5) is 0 Å². The molecular weight excluding hydrogens is 260 g/mol. The van der Waals surface area contributed by atoms with Crippen molar-refractivity contribution in [2.24, 2.45) is 5.41 Å². The van der Waals surface area contributed by atoms with E-state index in [0.717, 1.165) is 24.7 Å². The van der Waals surface area contributed by atoms with E-state index < -0.39 is 0 Å². The van der Waals surface area contributed by atoms with Crippen LogP contribution >= 0.6 is 15.9 Å². The molecule has 5 heteroatoms. The molecule has 15 heavy (non-hydrogen) atoms. The van der Waals surface area contributed by atoms with Crippen molar-refractivity contribution in [2.75, 3.05) is 32.0 Å². The van der Waals surface area contributed by atoms with Gasteiger partial charge in [0.25, 0.3) is 0 Å². The van der Waals surface area contributed by atoms with Gasteiger partial charge in [-0.2, -0.15) is 0 Å². The van der Waals surface area contributed by atoms with Gasteiger partial charge < -0.3 is 9.80 Å². The summed E-state index contributed by atoms with van der Waals surface area (Å²) in [6, 6.07) is 0. The van der Waals surface area contributed by atoms with Crippen molar-refractivity contribution in [2.45, 2.75) is 12.8 Å². The second-order valence-corrected chi connectivity index (χ2v) is 5.15. The lowest BCUT2D eigenvalue weighted by molar-refractivity contribution is -0.155. The second kappa shape index (κ2) is 3.77. The van der Waals surface area contributed by atoms with Gasteiger partial charge in [0.15, 0.2) is 0 Å². The predicted octanol–water partition coefficient (Wildman–Crippen LogP) is 0.462. The molecular formula is C10H15BrN2O2. The van der Waals surface area contributed by atoms with Crippen LogP contribution in [-0.2, 0) is 9.59 Å². The molecule has 0 atom stereocenters. The zero-order valence-corrected chi connectivity index (χ0v) is 10.4. The van der Waals surface area contributed by atoms with Gasteiger partial charge in [0.05, 0.1) is 0 Å². The largest absolute Gasteiger partial charge is 0.336 e. The summed E-state index contributed by atoms with van der Waals surface area (Å²) in [5.41, 5.74) is 0.256. The molecule has 2 aliphatic rings. The minimum Gasteiger partial charge on any atom is -0.336 e. The number of carbonyl (C=O) groups excluding carboxylic acids is 2. The molecule has 2 rings (SSSR count). The zero-order valence-electron chi connectivity index (χ0n) is 8.83. The van der Waals surface area contributed by atoms with Crippen LogP contribution in [0.15, 0.2) is 0 Å². The van der Waals surface area contributed by atoms with E-state index in [2.05, 4.69) is 15.9 Å². The Labute approximate surface area is 97.7 Å². The summed E-state index contributed by atoms with van der Waals surface area (Å²) in [4.78, 5) is 26.3. The van der Waals surface area contributed by atoms with E-state index in [0.29, 0.717) is 13.1 Å². The molecule has 2 amide bonds. The van der Waals surface area contributed by atoms with E-state index in [-0.39, 0.29) is 17.2 Å². The van der Waals surface area contributed by atoms with Crippen molar-refractivity contribution in [3.8, 4) is 0 Å². The monoisotopic (exact) mass is 274 g/mol. The van der Waals surface area contributed by atoms with E-state index in [1.54, 1.807) is 11.9 Å². The lowest BCUT2D eigenvalue weighted by Crippen LogP contribution is -2.54. The van der Waals surface area contributed by atoms with Crippen molar-refractivity contribution >= 4 is 27.7 Å². The van der Waals surface area contributed by atoms with E-state index in [1.165, 1.54) is 4.90 Å². The van der Waals surface area contributed by atoms with Gasteiger partial charge in [-0.25, -0.2) is 0 Å². The first-order chi connectivity index (χ1) is 7.08. The number of halogens is 1. The Morgan fingerprint density at radius 2 is 1.93 bits per heavy atom. The first-order valence-corrected chi connectivity index (χ1v) is 6.30. The number of alkyl halides is 1. The third kappa shape index (κ3) is 2.02. The third-order valence-corrected chi connectivity index (χ3v) is 4.48. The van der Waals surface area contributed by atoms with Crippen LogP contribution in [0, 0.1) is 5.41 Å². The van der Waals surface area contributed by atoms with Gasteiger partial charge in [-0.1, -0.05) is 15.9 Å². The van der Waals surface area contributed by atoms with Crippen LogP contribution in [0.5, 0.6) is 0 Å². The van der Waals surface area contributed by atoms with Gasteiger partial charge in [0.1, 0.15) is 0 Å². The van der Waals surface area contributed by atoms with E-state index in [4.69, 9.17) is 0 Å². The first kappa shape index (κ1) is 10.9. The van der Waals surface area contributed by atoms with Crippen molar-refractivity contribution in [3.63, 3.8) is 0 Å². The van der Waals surface area contributed by atoms with Gasteiger partial charge in [0.2, 0.25) is 0 Å². The maximum atomic E-state index is 11.7. The van der Waals surface area contributed by atoms with E-state index in [9.17, 15) is 9.59 Å². The number of amides is 2. The SMILES string of the molecule is CN1CCN(CC2(CBr)CC2)C(=O)C1=O. The molecule has 0 bridgehead atoms. The molecule has 1 aliphatic carbocycles. The fourth-order valence-electron chi connectivity index (χ4n) is 1.84. The maximum Gasteiger partial charge on any atom is 0.312 e. The fourth-order valence-corrected chi connectivity index (χ4v) is 2.58. The number of carbonyl (C=O) groups is 2. The highest BCUT2D eigenvalue weighted by molar-refractivity contribution is 9.09.